The number of methoxy groups -OCH3 is 1. The third kappa shape index (κ3) is 5.59. The Kier molecular flexibility index (Phi) is 7.05. The van der Waals surface area contributed by atoms with Gasteiger partial charge in [-0.25, -0.2) is 0 Å². The van der Waals surface area contributed by atoms with Gasteiger partial charge < -0.3 is 14.3 Å². The highest BCUT2D eigenvalue weighted by molar-refractivity contribution is 5.70. The van der Waals surface area contributed by atoms with Crippen molar-refractivity contribution in [2.45, 2.75) is 58.4 Å². The van der Waals surface area contributed by atoms with Gasteiger partial charge in [-0.15, -0.1) is 0 Å². The maximum absolute atomic E-state index is 12.2. The molecule has 1 aromatic rings. The van der Waals surface area contributed by atoms with E-state index in [-0.39, 0.29) is 30.0 Å². The van der Waals surface area contributed by atoms with E-state index in [0.29, 0.717) is 18.7 Å². The predicted molar refractivity (Wildman–Crippen MR) is 94.6 cm³/mol. The Hall–Kier alpha value is -1.82. The molecule has 1 N–H and O–H groups in total. The molecule has 2 heterocycles. The van der Waals surface area contributed by atoms with Gasteiger partial charge in [-0.1, -0.05) is 20.3 Å². The summed E-state index contributed by atoms with van der Waals surface area (Å²) in [5.74, 6) is -0.116. The number of likely N-dealkylation sites (tertiary alicyclic amines) is 1. The Balaban J connectivity index is 2.28. The number of hydrogen-bond acceptors (Lipinski definition) is 6. The highest BCUT2D eigenvalue weighted by Gasteiger charge is 2.26. The van der Waals surface area contributed by atoms with E-state index in [9.17, 15) is 14.7 Å². The Bertz CT molecular complexity index is 631. The van der Waals surface area contributed by atoms with Gasteiger partial charge >= 0.3 is 5.97 Å². The minimum absolute atomic E-state index is 0.0817. The molecular weight excluding hydrogens is 322 g/mol. The minimum atomic E-state index is -0.452. The van der Waals surface area contributed by atoms with Crippen molar-refractivity contribution in [1.82, 2.24) is 4.90 Å². The lowest BCUT2D eigenvalue weighted by atomic mass is 9.91. The summed E-state index contributed by atoms with van der Waals surface area (Å²) in [6.07, 6.45) is 4.23. The maximum Gasteiger partial charge on any atom is 0.306 e. The molecule has 0 amide bonds. The fourth-order valence-electron chi connectivity index (χ4n) is 3.38. The van der Waals surface area contributed by atoms with Crippen LogP contribution in [0.3, 0.4) is 0 Å². The standard InChI is InChI=1S/C19H29NO5/c1-13(2)9-14(10-17(22)24-3)19-18(23)16(21)11-15(25-19)12-20-7-5-4-6-8-20/h11,13-14,23H,4-10,12H2,1-3H3. The van der Waals surface area contributed by atoms with Gasteiger partial charge in [0.1, 0.15) is 5.76 Å². The highest BCUT2D eigenvalue weighted by atomic mass is 16.5. The second kappa shape index (κ2) is 9.04. The summed E-state index contributed by atoms with van der Waals surface area (Å²) >= 11 is 0. The van der Waals surface area contributed by atoms with Gasteiger partial charge in [0.2, 0.25) is 11.2 Å². The van der Waals surface area contributed by atoms with Crippen molar-refractivity contribution in [3.8, 4) is 5.75 Å². The third-order valence-corrected chi connectivity index (χ3v) is 4.60. The van der Waals surface area contributed by atoms with Crippen LogP contribution in [-0.2, 0) is 16.1 Å². The molecule has 6 nitrogen and oxygen atoms in total. The lowest BCUT2D eigenvalue weighted by molar-refractivity contribution is -0.141. The number of piperidine rings is 1. The normalized spacial score (nSPS) is 16.8. The molecule has 2 rings (SSSR count). The number of nitrogens with zero attached hydrogens (tertiary/aromatic N) is 1. The molecule has 0 aromatic carbocycles. The average Bonchev–Trinajstić information content (AvgIpc) is 2.57. The van der Waals surface area contributed by atoms with E-state index in [1.165, 1.54) is 19.6 Å². The monoisotopic (exact) mass is 351 g/mol. The third-order valence-electron chi connectivity index (χ3n) is 4.60. The first-order chi connectivity index (χ1) is 11.9. The van der Waals surface area contributed by atoms with E-state index in [4.69, 9.17) is 9.15 Å². The first-order valence-electron chi connectivity index (χ1n) is 9.05. The zero-order valence-electron chi connectivity index (χ0n) is 15.4. The Morgan fingerprint density at radius 3 is 2.60 bits per heavy atom. The quantitative estimate of drug-likeness (QED) is 0.761. The van der Waals surface area contributed by atoms with Crippen LogP contribution in [0.2, 0.25) is 0 Å². The molecule has 1 aliphatic heterocycles. The van der Waals surface area contributed by atoms with Crippen LogP contribution in [0.4, 0.5) is 0 Å². The zero-order chi connectivity index (χ0) is 18.4. The van der Waals surface area contributed by atoms with Crippen LogP contribution >= 0.6 is 0 Å². The van der Waals surface area contributed by atoms with Crippen molar-refractivity contribution in [2.24, 2.45) is 5.92 Å². The van der Waals surface area contributed by atoms with Crippen molar-refractivity contribution in [2.75, 3.05) is 20.2 Å². The molecule has 1 unspecified atom stereocenters. The lowest BCUT2D eigenvalue weighted by Gasteiger charge is -2.26. The first-order valence-corrected chi connectivity index (χ1v) is 9.05. The van der Waals surface area contributed by atoms with Crippen LogP contribution in [0.1, 0.15) is 63.4 Å². The van der Waals surface area contributed by atoms with Crippen LogP contribution in [0.15, 0.2) is 15.3 Å². The van der Waals surface area contributed by atoms with E-state index in [1.807, 2.05) is 13.8 Å². The van der Waals surface area contributed by atoms with Crippen LogP contribution in [0, 0.1) is 5.92 Å². The number of carbonyl (C=O) groups is 1. The zero-order valence-corrected chi connectivity index (χ0v) is 15.4. The van der Waals surface area contributed by atoms with Gasteiger partial charge in [0.05, 0.1) is 20.1 Å². The van der Waals surface area contributed by atoms with Gasteiger partial charge in [0, 0.05) is 12.0 Å². The molecule has 0 aliphatic carbocycles. The van der Waals surface area contributed by atoms with E-state index in [0.717, 1.165) is 25.9 Å². The molecule has 1 atom stereocenters. The van der Waals surface area contributed by atoms with Crippen molar-refractivity contribution < 1.29 is 19.1 Å². The lowest BCUT2D eigenvalue weighted by Crippen LogP contribution is -2.29. The van der Waals surface area contributed by atoms with Crippen LogP contribution in [0.25, 0.3) is 0 Å². The Morgan fingerprint density at radius 2 is 2.00 bits per heavy atom. The van der Waals surface area contributed by atoms with Gasteiger partial charge in [-0.05, 0) is 38.3 Å². The summed E-state index contributed by atoms with van der Waals surface area (Å²) in [6, 6.07) is 1.36. The molecule has 0 spiro atoms. The van der Waals surface area contributed by atoms with E-state index >= 15 is 0 Å². The van der Waals surface area contributed by atoms with Crippen molar-refractivity contribution in [3.63, 3.8) is 0 Å². The van der Waals surface area contributed by atoms with Crippen molar-refractivity contribution in [3.05, 3.63) is 27.8 Å². The summed E-state index contributed by atoms with van der Waals surface area (Å²) in [5, 5.41) is 10.2. The van der Waals surface area contributed by atoms with E-state index in [2.05, 4.69) is 4.90 Å². The minimum Gasteiger partial charge on any atom is -0.502 e. The number of carbonyl (C=O) groups excluding carboxylic acids is 1. The van der Waals surface area contributed by atoms with Crippen LogP contribution in [-0.4, -0.2) is 36.2 Å². The maximum atomic E-state index is 12.2. The number of esters is 1. The molecule has 0 saturated carbocycles. The molecule has 1 aromatic heterocycles. The summed E-state index contributed by atoms with van der Waals surface area (Å²) < 4.78 is 10.7. The summed E-state index contributed by atoms with van der Waals surface area (Å²) in [4.78, 5) is 26.2. The molecule has 1 fully saturated rings. The SMILES string of the molecule is COC(=O)CC(CC(C)C)c1oc(CN2CCCCC2)cc(=O)c1O. The first kappa shape index (κ1) is 19.5. The molecule has 140 valence electrons. The fourth-order valence-corrected chi connectivity index (χ4v) is 3.38. The van der Waals surface area contributed by atoms with Gasteiger partial charge in [0.15, 0.2) is 5.76 Å². The summed E-state index contributed by atoms with van der Waals surface area (Å²) in [7, 11) is 1.33. The van der Waals surface area contributed by atoms with Crippen molar-refractivity contribution >= 4 is 5.97 Å². The van der Waals surface area contributed by atoms with Gasteiger partial charge in [-0.3, -0.25) is 14.5 Å². The van der Waals surface area contributed by atoms with Crippen molar-refractivity contribution in [1.29, 1.82) is 0 Å². The van der Waals surface area contributed by atoms with E-state index in [1.54, 1.807) is 0 Å². The molecule has 1 aliphatic rings. The molecule has 25 heavy (non-hydrogen) atoms. The number of hydrogen-bond donors (Lipinski definition) is 1. The number of rotatable bonds is 7. The van der Waals surface area contributed by atoms with Gasteiger partial charge in [0.25, 0.3) is 0 Å². The highest BCUT2D eigenvalue weighted by Crippen LogP contribution is 2.32. The Labute approximate surface area is 148 Å². The van der Waals surface area contributed by atoms with Crippen LogP contribution < -0.4 is 5.43 Å². The second-order valence-electron chi connectivity index (χ2n) is 7.23. The topological polar surface area (TPSA) is 80.0 Å². The fraction of sp³-hybridized carbons (Fsp3) is 0.684. The molecule has 0 bridgehead atoms. The summed E-state index contributed by atoms with van der Waals surface area (Å²) in [6.45, 7) is 6.57. The van der Waals surface area contributed by atoms with Crippen LogP contribution in [0.5, 0.6) is 5.75 Å². The summed E-state index contributed by atoms with van der Waals surface area (Å²) in [5.41, 5.74) is -0.452. The number of aromatic hydroxyl groups is 1. The molecule has 6 heteroatoms. The largest absolute Gasteiger partial charge is 0.502 e. The predicted octanol–water partition coefficient (Wildman–Crippen LogP) is 3.02. The number of ether oxygens (including phenoxy) is 1. The smallest absolute Gasteiger partial charge is 0.306 e. The molecule has 1 saturated heterocycles. The van der Waals surface area contributed by atoms with Gasteiger partial charge in [-0.2, -0.15) is 0 Å². The average molecular weight is 351 g/mol. The second-order valence-corrected chi connectivity index (χ2v) is 7.23. The Morgan fingerprint density at radius 1 is 1.32 bits per heavy atom. The van der Waals surface area contributed by atoms with E-state index < -0.39 is 11.2 Å². The molecule has 0 radical (unpaired) electrons. The molecular formula is C19H29NO5.